The first-order chi connectivity index (χ1) is 21.7. The van der Waals surface area contributed by atoms with Crippen LogP contribution in [-0.2, 0) is 32.6 Å². The number of nitrogens with one attached hydrogen (secondary N) is 1. The second-order valence-corrected chi connectivity index (χ2v) is 13.9. The average Bonchev–Trinajstić information content (AvgIpc) is 3.56. The fourth-order valence-corrected chi connectivity index (χ4v) is 7.38. The fraction of sp³-hybridized carbons (Fsp3) is 0.257. The fourth-order valence-electron chi connectivity index (χ4n) is 5.61. The quantitative estimate of drug-likeness (QED) is 0.179. The maximum atomic E-state index is 14.5. The average molecular weight is 665 g/mol. The topological polar surface area (TPSA) is 86.8 Å². The van der Waals surface area contributed by atoms with E-state index < -0.39 is 28.5 Å². The number of hydrogen-bond acceptors (Lipinski definition) is 4. The van der Waals surface area contributed by atoms with Crippen molar-refractivity contribution in [1.82, 2.24) is 10.2 Å². The Morgan fingerprint density at radius 1 is 0.778 bits per heavy atom. The van der Waals surface area contributed by atoms with E-state index in [4.69, 9.17) is 23.2 Å². The van der Waals surface area contributed by atoms with Gasteiger partial charge in [0.15, 0.2) is 0 Å². The highest BCUT2D eigenvalue weighted by Gasteiger charge is 2.35. The van der Waals surface area contributed by atoms with E-state index in [2.05, 4.69) is 5.32 Å². The van der Waals surface area contributed by atoms with Gasteiger partial charge in [-0.3, -0.25) is 13.9 Å². The van der Waals surface area contributed by atoms with Crippen LogP contribution in [0.2, 0.25) is 10.0 Å². The molecule has 1 fully saturated rings. The van der Waals surface area contributed by atoms with E-state index in [1.807, 2.05) is 36.4 Å². The molecular weight excluding hydrogens is 629 g/mol. The van der Waals surface area contributed by atoms with Crippen molar-refractivity contribution in [2.24, 2.45) is 0 Å². The normalized spacial score (nSPS) is 14.1. The second kappa shape index (κ2) is 15.0. The minimum Gasteiger partial charge on any atom is -0.352 e. The van der Waals surface area contributed by atoms with Gasteiger partial charge < -0.3 is 10.2 Å². The summed E-state index contributed by atoms with van der Waals surface area (Å²) in [6.07, 6.45) is 4.08. The summed E-state index contributed by atoms with van der Waals surface area (Å²) in [6, 6.07) is 29.9. The lowest BCUT2D eigenvalue weighted by Gasteiger charge is -2.34. The summed E-state index contributed by atoms with van der Waals surface area (Å²) in [7, 11) is -4.18. The van der Waals surface area contributed by atoms with Gasteiger partial charge in [-0.2, -0.15) is 0 Å². The van der Waals surface area contributed by atoms with Crippen LogP contribution in [0.25, 0.3) is 0 Å². The van der Waals surface area contributed by atoms with Crippen molar-refractivity contribution in [1.29, 1.82) is 0 Å². The van der Waals surface area contributed by atoms with Crippen LogP contribution >= 0.6 is 23.2 Å². The molecule has 2 amide bonds. The molecular formula is C35H35Cl2N3O4S. The highest BCUT2D eigenvalue weighted by atomic mass is 35.5. The molecule has 0 spiro atoms. The molecule has 5 rings (SSSR count). The van der Waals surface area contributed by atoms with Crippen molar-refractivity contribution in [3.63, 3.8) is 0 Å². The van der Waals surface area contributed by atoms with Gasteiger partial charge in [-0.1, -0.05) is 96.7 Å². The molecule has 1 atom stereocenters. The Hall–Kier alpha value is -3.85. The maximum Gasteiger partial charge on any atom is 0.264 e. The number of carbonyl (C=O) groups excluding carboxylic acids is 2. The number of anilines is 1. The summed E-state index contributed by atoms with van der Waals surface area (Å²) >= 11 is 12.4. The molecule has 0 aromatic heterocycles. The molecule has 1 saturated carbocycles. The number of nitrogens with zero attached hydrogens (tertiary/aromatic N) is 2. The monoisotopic (exact) mass is 663 g/mol. The molecule has 4 aromatic rings. The third-order valence-corrected chi connectivity index (χ3v) is 10.2. The summed E-state index contributed by atoms with van der Waals surface area (Å²) in [5.41, 5.74) is 1.86. The third-order valence-electron chi connectivity index (χ3n) is 7.94. The van der Waals surface area contributed by atoms with Gasteiger partial charge in [0.05, 0.1) is 10.6 Å². The van der Waals surface area contributed by atoms with Crippen LogP contribution in [0.3, 0.4) is 0 Å². The molecule has 10 heteroatoms. The summed E-state index contributed by atoms with van der Waals surface area (Å²) in [4.78, 5) is 30.1. The SMILES string of the molecule is O=C(NC1CCCC1)[C@@H](Cc1ccccc1)N(Cc1cccc(Cl)c1)C(=O)CN(c1ccc(Cl)cc1)S(=O)(=O)c1ccccc1. The molecule has 1 aliphatic carbocycles. The number of halogens is 2. The minimum atomic E-state index is -4.18. The van der Waals surface area contributed by atoms with Crippen LogP contribution in [0, 0.1) is 0 Å². The van der Waals surface area contributed by atoms with Crippen molar-refractivity contribution in [2.75, 3.05) is 10.8 Å². The minimum absolute atomic E-state index is 0.0305. The molecule has 0 heterocycles. The molecule has 7 nitrogen and oxygen atoms in total. The van der Waals surface area contributed by atoms with Crippen molar-refractivity contribution in [3.05, 3.63) is 130 Å². The van der Waals surface area contributed by atoms with Gasteiger partial charge in [-0.25, -0.2) is 8.42 Å². The summed E-state index contributed by atoms with van der Waals surface area (Å²) in [5, 5.41) is 4.09. The zero-order chi connectivity index (χ0) is 31.8. The Morgan fingerprint density at radius 3 is 2.04 bits per heavy atom. The van der Waals surface area contributed by atoms with Crippen LogP contribution in [-0.4, -0.2) is 43.8 Å². The predicted molar refractivity (Wildman–Crippen MR) is 179 cm³/mol. The first-order valence-corrected chi connectivity index (χ1v) is 17.1. The van der Waals surface area contributed by atoms with E-state index in [9.17, 15) is 18.0 Å². The maximum absolute atomic E-state index is 14.5. The van der Waals surface area contributed by atoms with Crippen molar-refractivity contribution in [3.8, 4) is 0 Å². The van der Waals surface area contributed by atoms with E-state index in [-0.39, 0.29) is 35.5 Å². The number of benzene rings is 4. The van der Waals surface area contributed by atoms with E-state index in [1.165, 1.54) is 17.0 Å². The van der Waals surface area contributed by atoms with Gasteiger partial charge in [0.25, 0.3) is 10.0 Å². The lowest BCUT2D eigenvalue weighted by atomic mass is 10.0. The largest absolute Gasteiger partial charge is 0.352 e. The lowest BCUT2D eigenvalue weighted by molar-refractivity contribution is -0.140. The lowest BCUT2D eigenvalue weighted by Crippen LogP contribution is -2.54. The molecule has 0 unspecified atom stereocenters. The van der Waals surface area contributed by atoms with Crippen LogP contribution in [0.5, 0.6) is 0 Å². The highest BCUT2D eigenvalue weighted by molar-refractivity contribution is 7.92. The number of rotatable bonds is 12. The Bertz CT molecular complexity index is 1700. The molecule has 234 valence electrons. The number of sulfonamides is 1. The Morgan fingerprint density at radius 2 is 1.40 bits per heavy atom. The van der Waals surface area contributed by atoms with Crippen molar-refractivity contribution < 1.29 is 18.0 Å². The highest BCUT2D eigenvalue weighted by Crippen LogP contribution is 2.27. The van der Waals surface area contributed by atoms with Gasteiger partial charge >= 0.3 is 0 Å². The molecule has 1 aliphatic rings. The number of carbonyl (C=O) groups is 2. The first kappa shape index (κ1) is 32.5. The molecule has 0 bridgehead atoms. The summed E-state index contributed by atoms with van der Waals surface area (Å²) in [6.45, 7) is -0.490. The van der Waals surface area contributed by atoms with Crippen LogP contribution in [0.4, 0.5) is 5.69 Å². The van der Waals surface area contributed by atoms with Crippen LogP contribution < -0.4 is 9.62 Å². The smallest absolute Gasteiger partial charge is 0.264 e. The van der Waals surface area contributed by atoms with Crippen molar-refractivity contribution >= 4 is 50.7 Å². The Labute approximate surface area is 274 Å². The Kier molecular flexibility index (Phi) is 10.8. The van der Waals surface area contributed by atoms with E-state index in [1.54, 1.807) is 60.7 Å². The molecule has 45 heavy (non-hydrogen) atoms. The van der Waals surface area contributed by atoms with E-state index >= 15 is 0 Å². The predicted octanol–water partition coefficient (Wildman–Crippen LogP) is 6.89. The van der Waals surface area contributed by atoms with Crippen LogP contribution in [0.1, 0.15) is 36.8 Å². The Balaban J connectivity index is 1.56. The van der Waals surface area contributed by atoms with Crippen LogP contribution in [0.15, 0.2) is 114 Å². The summed E-state index contributed by atoms with van der Waals surface area (Å²) < 4.78 is 29.1. The van der Waals surface area contributed by atoms with Gasteiger partial charge in [0, 0.05) is 29.1 Å². The third kappa shape index (κ3) is 8.45. The zero-order valence-corrected chi connectivity index (χ0v) is 27.0. The number of hydrogen-bond donors (Lipinski definition) is 1. The number of amides is 2. The summed E-state index contributed by atoms with van der Waals surface area (Å²) in [5.74, 6) is -0.808. The molecule has 4 aromatic carbocycles. The zero-order valence-electron chi connectivity index (χ0n) is 24.7. The standard InChI is InChI=1S/C35H35Cl2N3O4S/c36-28-18-20-31(21-19-28)40(45(43,44)32-16-5-2-6-17-32)25-34(41)39(24-27-12-9-13-29(37)22-27)33(23-26-10-3-1-4-11-26)35(42)38-30-14-7-8-15-30/h1-6,9-13,16-22,30,33H,7-8,14-15,23-25H2,(H,38,42)/t33-/m1/s1. The van der Waals surface area contributed by atoms with Crippen molar-refractivity contribution in [2.45, 2.75) is 55.6 Å². The van der Waals surface area contributed by atoms with Gasteiger partial charge in [-0.15, -0.1) is 0 Å². The van der Waals surface area contributed by atoms with E-state index in [0.29, 0.717) is 15.6 Å². The van der Waals surface area contributed by atoms with E-state index in [0.717, 1.165) is 35.6 Å². The van der Waals surface area contributed by atoms with Gasteiger partial charge in [0.2, 0.25) is 11.8 Å². The molecule has 0 radical (unpaired) electrons. The van der Waals surface area contributed by atoms with Gasteiger partial charge in [-0.05, 0) is 72.5 Å². The molecule has 0 saturated heterocycles. The second-order valence-electron chi connectivity index (χ2n) is 11.1. The first-order valence-electron chi connectivity index (χ1n) is 14.9. The molecule has 1 N–H and O–H groups in total. The molecule has 0 aliphatic heterocycles. The van der Waals surface area contributed by atoms with Gasteiger partial charge in [0.1, 0.15) is 12.6 Å².